The number of β-amino-alcohol motifs (C(OH)–C–C–N with tert-alkyl or cyclic N) is 1. The number of amides is 1. The van der Waals surface area contributed by atoms with Crippen molar-refractivity contribution in [2.24, 2.45) is 0 Å². The van der Waals surface area contributed by atoms with Crippen LogP contribution in [0, 0.1) is 0 Å². The minimum absolute atomic E-state index is 0.144. The second-order valence-electron chi connectivity index (χ2n) is 7.11. The van der Waals surface area contributed by atoms with Gasteiger partial charge >= 0.3 is 0 Å². The van der Waals surface area contributed by atoms with Gasteiger partial charge in [0.2, 0.25) is 5.91 Å². The Kier molecular flexibility index (Phi) is 5.93. The number of carbonyl (C=O) groups is 1. The summed E-state index contributed by atoms with van der Waals surface area (Å²) in [4.78, 5) is 18.9. The Balaban J connectivity index is 1.59. The van der Waals surface area contributed by atoms with E-state index in [-0.39, 0.29) is 18.1 Å². The lowest BCUT2D eigenvalue weighted by molar-refractivity contribution is -0.133. The highest BCUT2D eigenvalue weighted by Crippen LogP contribution is 2.33. The van der Waals surface area contributed by atoms with Crippen molar-refractivity contribution in [2.75, 3.05) is 53.4 Å². The highest BCUT2D eigenvalue weighted by Gasteiger charge is 2.32. The van der Waals surface area contributed by atoms with Crippen molar-refractivity contribution in [3.63, 3.8) is 0 Å². The van der Waals surface area contributed by atoms with Crippen LogP contribution in [-0.4, -0.2) is 85.2 Å². The van der Waals surface area contributed by atoms with Crippen LogP contribution < -0.4 is 4.74 Å². The fourth-order valence-corrected chi connectivity index (χ4v) is 3.78. The van der Waals surface area contributed by atoms with Gasteiger partial charge in [0.25, 0.3) is 0 Å². The van der Waals surface area contributed by atoms with Gasteiger partial charge in [-0.3, -0.25) is 9.69 Å². The molecule has 1 N–H and O–H groups in total. The van der Waals surface area contributed by atoms with Gasteiger partial charge in [-0.2, -0.15) is 0 Å². The van der Waals surface area contributed by atoms with Crippen molar-refractivity contribution in [3.05, 3.63) is 29.8 Å². The third kappa shape index (κ3) is 4.51. The van der Waals surface area contributed by atoms with Gasteiger partial charge in [-0.15, -0.1) is 0 Å². The summed E-state index contributed by atoms with van der Waals surface area (Å²) in [6.07, 6.45) is 0.877. The predicted octanol–water partition coefficient (Wildman–Crippen LogP) is 0.967. The molecule has 25 heavy (non-hydrogen) atoms. The lowest BCUT2D eigenvalue weighted by Crippen LogP contribution is -2.47. The first kappa shape index (κ1) is 18.2. The van der Waals surface area contributed by atoms with Crippen molar-refractivity contribution >= 4 is 5.91 Å². The molecule has 2 fully saturated rings. The first-order valence-electron chi connectivity index (χ1n) is 9.09. The summed E-state index contributed by atoms with van der Waals surface area (Å²) >= 11 is 0. The number of hydrogen-bond acceptors (Lipinski definition) is 5. The zero-order chi connectivity index (χ0) is 17.8. The Morgan fingerprint density at radius 2 is 2.04 bits per heavy atom. The molecule has 0 aromatic heterocycles. The fraction of sp³-hybridized carbons (Fsp3) is 0.632. The maximum absolute atomic E-state index is 12.5. The third-order valence-corrected chi connectivity index (χ3v) is 5.33. The number of aliphatic hydroxyl groups excluding tert-OH is 1. The summed E-state index contributed by atoms with van der Waals surface area (Å²) in [5.41, 5.74) is 1.14. The minimum atomic E-state index is -0.338. The molecule has 0 saturated carbocycles. The van der Waals surface area contributed by atoms with Crippen molar-refractivity contribution in [2.45, 2.75) is 25.0 Å². The van der Waals surface area contributed by atoms with Crippen molar-refractivity contribution < 1.29 is 14.6 Å². The number of methoxy groups -OCH3 is 1. The Hall–Kier alpha value is -1.63. The molecule has 6 heteroatoms. The van der Waals surface area contributed by atoms with Gasteiger partial charge in [0.15, 0.2) is 0 Å². The molecule has 0 aliphatic carbocycles. The number of ether oxygens (including phenoxy) is 1. The summed E-state index contributed by atoms with van der Waals surface area (Å²) in [5.74, 6) is 1.05. The molecular formula is C19H29N3O3. The highest BCUT2D eigenvalue weighted by molar-refractivity contribution is 5.76. The van der Waals surface area contributed by atoms with Gasteiger partial charge in [0.1, 0.15) is 5.75 Å². The lowest BCUT2D eigenvalue weighted by Gasteiger charge is -2.33. The summed E-state index contributed by atoms with van der Waals surface area (Å²) in [5, 5.41) is 10.1. The molecule has 2 aliphatic heterocycles. The maximum atomic E-state index is 12.5. The molecule has 2 aliphatic rings. The van der Waals surface area contributed by atoms with Crippen LogP contribution >= 0.6 is 0 Å². The van der Waals surface area contributed by atoms with Gasteiger partial charge in [0.05, 0.1) is 13.2 Å². The Labute approximate surface area is 150 Å². The average molecular weight is 347 g/mol. The standard InChI is InChI=1S/C19H29N3O3/c1-20-8-10-21(11-9-20)19(24)6-7-22-14-16(23)13-18(22)15-4-3-5-17(12-15)25-2/h3-5,12,16,18,23H,6-11,13-14H2,1-2H3/t16-,18-/m0/s1. The molecule has 0 spiro atoms. The summed E-state index contributed by atoms with van der Waals surface area (Å²) in [7, 11) is 3.75. The predicted molar refractivity (Wildman–Crippen MR) is 96.6 cm³/mol. The Morgan fingerprint density at radius 1 is 1.28 bits per heavy atom. The molecule has 0 bridgehead atoms. The number of aliphatic hydroxyl groups is 1. The second kappa shape index (κ2) is 8.17. The van der Waals surface area contributed by atoms with Crippen LogP contribution in [0.3, 0.4) is 0 Å². The Bertz CT molecular complexity index is 587. The van der Waals surface area contributed by atoms with E-state index in [1.807, 2.05) is 23.1 Å². The van der Waals surface area contributed by atoms with Gasteiger partial charge in [-0.1, -0.05) is 12.1 Å². The Morgan fingerprint density at radius 3 is 2.76 bits per heavy atom. The summed E-state index contributed by atoms with van der Waals surface area (Å²) in [6.45, 7) is 4.83. The van der Waals surface area contributed by atoms with Crippen molar-refractivity contribution in [1.82, 2.24) is 14.7 Å². The van der Waals surface area contributed by atoms with Crippen LogP contribution in [0.1, 0.15) is 24.4 Å². The minimum Gasteiger partial charge on any atom is -0.497 e. The van der Waals surface area contributed by atoms with Crippen molar-refractivity contribution in [1.29, 1.82) is 0 Å². The molecule has 2 heterocycles. The zero-order valence-electron chi connectivity index (χ0n) is 15.2. The van der Waals surface area contributed by atoms with E-state index in [0.29, 0.717) is 25.9 Å². The number of rotatable bonds is 5. The van der Waals surface area contributed by atoms with E-state index in [1.165, 1.54) is 0 Å². The number of benzene rings is 1. The summed E-state index contributed by atoms with van der Waals surface area (Å²) in [6, 6.07) is 8.14. The highest BCUT2D eigenvalue weighted by atomic mass is 16.5. The van der Waals surface area contributed by atoms with Crippen LogP contribution in [0.5, 0.6) is 5.75 Å². The van der Waals surface area contributed by atoms with E-state index in [9.17, 15) is 9.90 Å². The smallest absolute Gasteiger partial charge is 0.223 e. The van der Waals surface area contributed by atoms with E-state index < -0.39 is 0 Å². The number of likely N-dealkylation sites (N-methyl/N-ethyl adjacent to an activating group) is 1. The normalized spacial score (nSPS) is 25.3. The molecule has 2 saturated heterocycles. The van der Waals surface area contributed by atoms with Crippen LogP contribution in [-0.2, 0) is 4.79 Å². The van der Waals surface area contributed by atoms with Gasteiger partial charge in [-0.25, -0.2) is 0 Å². The van der Waals surface area contributed by atoms with Crippen LogP contribution in [0.25, 0.3) is 0 Å². The molecule has 0 radical (unpaired) electrons. The number of nitrogens with zero attached hydrogens (tertiary/aromatic N) is 3. The summed E-state index contributed by atoms with van der Waals surface area (Å²) < 4.78 is 5.32. The molecule has 1 amide bonds. The molecular weight excluding hydrogens is 318 g/mol. The molecule has 1 aromatic rings. The van der Waals surface area contributed by atoms with E-state index in [4.69, 9.17) is 4.74 Å². The molecule has 2 atom stereocenters. The SMILES string of the molecule is COc1cccc([C@@H]2C[C@H](O)CN2CCC(=O)N2CCN(C)CC2)c1. The quantitative estimate of drug-likeness (QED) is 0.860. The van der Waals surface area contributed by atoms with Crippen LogP contribution in [0.4, 0.5) is 0 Å². The molecule has 0 unspecified atom stereocenters. The lowest BCUT2D eigenvalue weighted by atomic mass is 10.0. The van der Waals surface area contributed by atoms with Crippen LogP contribution in [0.15, 0.2) is 24.3 Å². The van der Waals surface area contributed by atoms with E-state index in [1.54, 1.807) is 7.11 Å². The monoisotopic (exact) mass is 347 g/mol. The first-order valence-corrected chi connectivity index (χ1v) is 9.09. The number of likely N-dealkylation sites (tertiary alicyclic amines) is 1. The van der Waals surface area contributed by atoms with Gasteiger partial charge in [0, 0.05) is 51.7 Å². The zero-order valence-corrected chi connectivity index (χ0v) is 15.2. The number of hydrogen-bond donors (Lipinski definition) is 1. The molecule has 1 aromatic carbocycles. The van der Waals surface area contributed by atoms with Crippen LogP contribution in [0.2, 0.25) is 0 Å². The van der Waals surface area contributed by atoms with Crippen molar-refractivity contribution in [3.8, 4) is 5.75 Å². The second-order valence-corrected chi connectivity index (χ2v) is 7.11. The first-order chi connectivity index (χ1) is 12.1. The largest absolute Gasteiger partial charge is 0.497 e. The maximum Gasteiger partial charge on any atom is 0.223 e. The number of carbonyl (C=O) groups excluding carboxylic acids is 1. The average Bonchev–Trinajstić information content (AvgIpc) is 3.01. The topological polar surface area (TPSA) is 56.3 Å². The van der Waals surface area contributed by atoms with E-state index >= 15 is 0 Å². The van der Waals surface area contributed by atoms with E-state index in [2.05, 4.69) is 22.9 Å². The van der Waals surface area contributed by atoms with E-state index in [0.717, 1.165) is 37.5 Å². The molecule has 3 rings (SSSR count). The molecule has 138 valence electrons. The van der Waals surface area contributed by atoms with Gasteiger partial charge < -0.3 is 19.6 Å². The fourth-order valence-electron chi connectivity index (χ4n) is 3.78. The van der Waals surface area contributed by atoms with Gasteiger partial charge in [-0.05, 0) is 31.2 Å². The third-order valence-electron chi connectivity index (χ3n) is 5.33. The number of piperazine rings is 1. The molecule has 6 nitrogen and oxygen atoms in total.